The van der Waals surface area contributed by atoms with Crippen LogP contribution in [0.4, 0.5) is 5.82 Å². The molecular weight excluding hydrogens is 318 g/mol. The van der Waals surface area contributed by atoms with E-state index < -0.39 is 0 Å². The molecule has 0 spiro atoms. The van der Waals surface area contributed by atoms with Crippen molar-refractivity contribution in [3.05, 3.63) is 51.9 Å². The van der Waals surface area contributed by atoms with Crippen LogP contribution in [0.1, 0.15) is 35.7 Å². The first kappa shape index (κ1) is 13.5. The first-order valence-corrected chi connectivity index (χ1v) is 7.51. The Hall–Kier alpha value is -1.46. The second-order valence-electron chi connectivity index (χ2n) is 5.04. The lowest BCUT2D eigenvalue weighted by atomic mass is 10.1. The molecule has 1 heterocycles. The number of nitrogens with one attached hydrogen (secondary N) is 1. The highest BCUT2D eigenvalue weighted by Gasteiger charge is 2.27. The maximum Gasteiger partial charge on any atom is 0.135 e. The smallest absolute Gasteiger partial charge is 0.135 e. The average molecular weight is 334 g/mol. The van der Waals surface area contributed by atoms with Crippen LogP contribution in [0.5, 0.6) is 0 Å². The molecule has 1 aromatic heterocycles. The second kappa shape index (κ2) is 5.89. The van der Waals surface area contributed by atoms with Crippen LogP contribution in [0.15, 0.2) is 34.9 Å². The molecule has 104 valence electrons. The summed E-state index contributed by atoms with van der Waals surface area (Å²) in [7, 11) is 0. The summed E-state index contributed by atoms with van der Waals surface area (Å²) in [5.41, 5.74) is 2.08. The minimum atomic E-state index is 0.0807. The van der Waals surface area contributed by atoms with Crippen molar-refractivity contribution in [2.75, 3.05) is 5.32 Å². The summed E-state index contributed by atoms with van der Waals surface area (Å²) in [6.45, 7) is 0.788. The predicted molar refractivity (Wildman–Crippen MR) is 81.4 cm³/mol. The molecule has 0 bridgehead atoms. The van der Waals surface area contributed by atoms with Crippen molar-refractivity contribution in [1.29, 1.82) is 0 Å². The molecule has 0 atom stereocenters. The van der Waals surface area contributed by atoms with Gasteiger partial charge in [0.25, 0.3) is 0 Å². The van der Waals surface area contributed by atoms with Crippen LogP contribution < -0.4 is 5.32 Å². The molecule has 0 amide bonds. The molecule has 20 heavy (non-hydrogen) atoms. The molecule has 0 saturated heterocycles. The molecule has 3 rings (SSSR count). The van der Waals surface area contributed by atoms with Crippen molar-refractivity contribution in [1.82, 2.24) is 9.97 Å². The largest absolute Gasteiger partial charge is 0.392 e. The van der Waals surface area contributed by atoms with Crippen LogP contribution in [0.2, 0.25) is 0 Å². The monoisotopic (exact) mass is 333 g/mol. The van der Waals surface area contributed by atoms with Crippen molar-refractivity contribution in [2.24, 2.45) is 0 Å². The summed E-state index contributed by atoms with van der Waals surface area (Å²) in [5, 5.41) is 12.3. The fourth-order valence-corrected chi connectivity index (χ4v) is 2.40. The van der Waals surface area contributed by atoms with Gasteiger partial charge in [-0.25, -0.2) is 9.97 Å². The highest BCUT2D eigenvalue weighted by atomic mass is 79.9. The van der Waals surface area contributed by atoms with Gasteiger partial charge in [-0.3, -0.25) is 0 Å². The number of hydrogen-bond donors (Lipinski definition) is 2. The summed E-state index contributed by atoms with van der Waals surface area (Å²) in [4.78, 5) is 8.96. The number of halogens is 1. The maximum atomic E-state index is 9.02. The number of hydrogen-bond acceptors (Lipinski definition) is 4. The van der Waals surface area contributed by atoms with Gasteiger partial charge in [0.15, 0.2) is 0 Å². The van der Waals surface area contributed by atoms with Crippen molar-refractivity contribution in [2.45, 2.75) is 31.9 Å². The van der Waals surface area contributed by atoms with E-state index in [1.165, 1.54) is 12.8 Å². The lowest BCUT2D eigenvalue weighted by molar-refractivity contribution is 0.282. The highest BCUT2D eigenvalue weighted by Crippen LogP contribution is 2.38. The number of benzene rings is 1. The Labute approximate surface area is 126 Å². The number of aromatic nitrogens is 2. The van der Waals surface area contributed by atoms with Crippen molar-refractivity contribution >= 4 is 21.7 Å². The molecule has 4 nitrogen and oxygen atoms in total. The van der Waals surface area contributed by atoms with Crippen LogP contribution in [0.3, 0.4) is 0 Å². The molecule has 2 N–H and O–H groups in total. The van der Waals surface area contributed by atoms with E-state index in [-0.39, 0.29) is 6.61 Å². The van der Waals surface area contributed by atoms with Crippen molar-refractivity contribution < 1.29 is 5.11 Å². The SMILES string of the molecule is OCc1ccc(CNc2cc(Br)nc(C3CC3)n2)cc1. The third-order valence-corrected chi connectivity index (χ3v) is 3.74. The van der Waals surface area contributed by atoms with Gasteiger partial charge in [-0.05, 0) is 39.9 Å². The van der Waals surface area contributed by atoms with E-state index in [9.17, 15) is 0 Å². The van der Waals surface area contributed by atoms with Crippen LogP contribution >= 0.6 is 15.9 Å². The van der Waals surface area contributed by atoms with Gasteiger partial charge in [-0.2, -0.15) is 0 Å². The Balaban J connectivity index is 1.67. The zero-order valence-electron chi connectivity index (χ0n) is 11.0. The average Bonchev–Trinajstić information content (AvgIpc) is 3.30. The molecular formula is C15H16BrN3O. The van der Waals surface area contributed by atoms with Crippen LogP contribution in [0.25, 0.3) is 0 Å². The number of rotatable bonds is 5. The van der Waals surface area contributed by atoms with Crippen molar-refractivity contribution in [3.63, 3.8) is 0 Å². The normalized spacial score (nSPS) is 14.3. The minimum Gasteiger partial charge on any atom is -0.392 e. The maximum absolute atomic E-state index is 9.02. The van der Waals surface area contributed by atoms with Crippen LogP contribution in [-0.4, -0.2) is 15.1 Å². The topological polar surface area (TPSA) is 58.0 Å². The van der Waals surface area contributed by atoms with Gasteiger partial charge in [0, 0.05) is 18.5 Å². The molecule has 1 aromatic carbocycles. The number of nitrogens with zero attached hydrogens (tertiary/aromatic N) is 2. The Morgan fingerprint density at radius 3 is 2.50 bits per heavy atom. The Morgan fingerprint density at radius 1 is 1.15 bits per heavy atom. The number of aliphatic hydroxyl groups is 1. The Bertz CT molecular complexity index is 597. The van der Waals surface area contributed by atoms with Gasteiger partial charge >= 0.3 is 0 Å². The highest BCUT2D eigenvalue weighted by molar-refractivity contribution is 9.10. The van der Waals surface area contributed by atoms with E-state index in [4.69, 9.17) is 5.11 Å². The zero-order valence-corrected chi connectivity index (χ0v) is 12.6. The Kier molecular flexibility index (Phi) is 3.98. The zero-order chi connectivity index (χ0) is 13.9. The van der Waals surface area contributed by atoms with Gasteiger partial charge < -0.3 is 10.4 Å². The molecule has 0 unspecified atom stereocenters. The van der Waals surface area contributed by atoms with E-state index in [0.717, 1.165) is 27.4 Å². The molecule has 2 aromatic rings. The van der Waals surface area contributed by atoms with E-state index in [0.29, 0.717) is 12.5 Å². The summed E-state index contributed by atoms with van der Waals surface area (Å²) in [6.07, 6.45) is 2.39. The van der Waals surface area contributed by atoms with Gasteiger partial charge in [-0.15, -0.1) is 0 Å². The summed E-state index contributed by atoms with van der Waals surface area (Å²) < 4.78 is 0.826. The predicted octanol–water partition coefficient (Wildman–Crippen LogP) is 3.22. The number of aliphatic hydroxyl groups excluding tert-OH is 1. The van der Waals surface area contributed by atoms with Gasteiger partial charge in [0.1, 0.15) is 16.2 Å². The van der Waals surface area contributed by atoms with Gasteiger partial charge in [0.05, 0.1) is 6.61 Å². The quantitative estimate of drug-likeness (QED) is 0.825. The van der Waals surface area contributed by atoms with Crippen molar-refractivity contribution in [3.8, 4) is 0 Å². The van der Waals surface area contributed by atoms with E-state index in [2.05, 4.69) is 31.2 Å². The molecule has 0 radical (unpaired) electrons. The summed E-state index contributed by atoms with van der Waals surface area (Å²) in [6, 6.07) is 9.78. The first-order valence-electron chi connectivity index (χ1n) is 6.71. The first-order chi connectivity index (χ1) is 9.74. The fourth-order valence-electron chi connectivity index (χ4n) is 2.01. The van der Waals surface area contributed by atoms with Gasteiger partial charge in [0.2, 0.25) is 0 Å². The summed E-state index contributed by atoms with van der Waals surface area (Å²) in [5.74, 6) is 2.31. The van der Waals surface area contributed by atoms with E-state index >= 15 is 0 Å². The third-order valence-electron chi connectivity index (χ3n) is 3.33. The van der Waals surface area contributed by atoms with Crippen LogP contribution in [0, 0.1) is 0 Å². The molecule has 1 aliphatic carbocycles. The molecule has 1 aliphatic rings. The molecule has 5 heteroatoms. The fraction of sp³-hybridized carbons (Fsp3) is 0.333. The summed E-state index contributed by atoms with van der Waals surface area (Å²) >= 11 is 3.44. The van der Waals surface area contributed by atoms with Crippen LogP contribution in [-0.2, 0) is 13.2 Å². The van der Waals surface area contributed by atoms with E-state index in [1.807, 2.05) is 30.3 Å². The molecule has 1 saturated carbocycles. The van der Waals surface area contributed by atoms with Gasteiger partial charge in [-0.1, -0.05) is 24.3 Å². The second-order valence-corrected chi connectivity index (χ2v) is 5.85. The Morgan fingerprint density at radius 2 is 1.85 bits per heavy atom. The molecule has 1 fully saturated rings. The van der Waals surface area contributed by atoms with E-state index in [1.54, 1.807) is 0 Å². The standard InChI is InChI=1S/C15H16BrN3O/c16-13-7-14(19-15(18-13)12-5-6-12)17-8-10-1-3-11(9-20)4-2-10/h1-4,7,12,20H,5-6,8-9H2,(H,17,18,19). The lowest BCUT2D eigenvalue weighted by Crippen LogP contribution is -2.04. The lowest BCUT2D eigenvalue weighted by Gasteiger charge is -2.08. The third kappa shape index (κ3) is 3.35. The minimum absolute atomic E-state index is 0.0807. The molecule has 0 aliphatic heterocycles. The number of anilines is 1.